The van der Waals surface area contributed by atoms with Crippen LogP contribution in [0.2, 0.25) is 0 Å². The maximum Gasteiger partial charge on any atom is 0.152 e. The van der Waals surface area contributed by atoms with Crippen LogP contribution < -0.4 is 10.6 Å². The Labute approximate surface area is 116 Å². The third kappa shape index (κ3) is 1.88. The monoisotopic (exact) mass is 277 g/mol. The molecule has 1 aliphatic rings. The van der Waals surface area contributed by atoms with Crippen LogP contribution in [0.15, 0.2) is 6.33 Å². The van der Waals surface area contributed by atoms with Crippen molar-refractivity contribution >= 4 is 23.0 Å². The van der Waals surface area contributed by atoms with Crippen molar-refractivity contribution in [3.05, 3.63) is 23.4 Å². The number of aromatic nitrogens is 5. The molecule has 0 spiro atoms. The van der Waals surface area contributed by atoms with Gasteiger partial charge in [0.15, 0.2) is 5.82 Å². The molecule has 1 aliphatic heterocycles. The van der Waals surface area contributed by atoms with Crippen molar-refractivity contribution in [2.45, 2.75) is 20.0 Å². The van der Waals surface area contributed by atoms with Crippen LogP contribution in [0.5, 0.6) is 0 Å². The van der Waals surface area contributed by atoms with Crippen molar-refractivity contribution in [3.63, 3.8) is 0 Å². The van der Waals surface area contributed by atoms with E-state index in [1.807, 2.05) is 18.7 Å². The highest BCUT2D eigenvalue weighted by molar-refractivity contribution is 7.80. The second-order valence-corrected chi connectivity index (χ2v) is 5.07. The largest absolute Gasteiger partial charge is 0.389 e. The molecule has 0 saturated carbocycles. The number of hydrogen-bond acceptors (Lipinski definition) is 5. The first-order valence-electron chi connectivity index (χ1n) is 6.03. The molecule has 8 heteroatoms. The van der Waals surface area contributed by atoms with Gasteiger partial charge in [0, 0.05) is 20.1 Å². The van der Waals surface area contributed by atoms with Gasteiger partial charge in [-0.3, -0.25) is 4.68 Å². The van der Waals surface area contributed by atoms with Crippen molar-refractivity contribution < 1.29 is 0 Å². The zero-order chi connectivity index (χ0) is 13.6. The lowest BCUT2D eigenvalue weighted by atomic mass is 10.2. The predicted molar refractivity (Wildman–Crippen MR) is 74.9 cm³/mol. The van der Waals surface area contributed by atoms with E-state index in [0.717, 1.165) is 36.0 Å². The van der Waals surface area contributed by atoms with Gasteiger partial charge in [-0.05, 0) is 6.92 Å². The Bertz CT molecular complexity index is 642. The van der Waals surface area contributed by atoms with Crippen LogP contribution in [-0.4, -0.2) is 36.1 Å². The number of fused-ring (bicyclic) bond motifs is 1. The summed E-state index contributed by atoms with van der Waals surface area (Å²) in [5.74, 6) is 1.90. The van der Waals surface area contributed by atoms with Gasteiger partial charge < -0.3 is 15.2 Å². The van der Waals surface area contributed by atoms with Gasteiger partial charge in [-0.15, -0.1) is 10.2 Å². The Balaban J connectivity index is 2.02. The average Bonchev–Trinajstić information content (AvgIpc) is 2.91. The van der Waals surface area contributed by atoms with Crippen molar-refractivity contribution in [3.8, 4) is 0 Å². The van der Waals surface area contributed by atoms with E-state index in [0.29, 0.717) is 11.5 Å². The molecule has 19 heavy (non-hydrogen) atoms. The van der Waals surface area contributed by atoms with E-state index in [-0.39, 0.29) is 0 Å². The van der Waals surface area contributed by atoms with Gasteiger partial charge >= 0.3 is 0 Å². The average molecular weight is 277 g/mol. The molecule has 0 amide bonds. The van der Waals surface area contributed by atoms with Crippen molar-refractivity contribution in [1.29, 1.82) is 0 Å². The standard InChI is InChI=1S/C11H15N7S/c1-7-9(10(12)19)11(16(2)15-7)17-3-4-18-6-13-14-8(18)5-17/h6H,3-5H2,1-2H3,(H2,12,19). The maximum atomic E-state index is 5.83. The molecular formula is C11H15N7S. The summed E-state index contributed by atoms with van der Waals surface area (Å²) in [5, 5.41) is 12.5. The number of aryl methyl sites for hydroxylation is 2. The van der Waals surface area contributed by atoms with Crippen LogP contribution in [0.25, 0.3) is 0 Å². The minimum Gasteiger partial charge on any atom is -0.389 e. The Hall–Kier alpha value is -1.96. The SMILES string of the molecule is Cc1nn(C)c(N2CCn3cnnc3C2)c1C(N)=S. The van der Waals surface area contributed by atoms with Crippen LogP contribution >= 0.6 is 12.2 Å². The van der Waals surface area contributed by atoms with E-state index in [4.69, 9.17) is 18.0 Å². The van der Waals surface area contributed by atoms with E-state index in [1.54, 1.807) is 6.33 Å². The molecule has 0 unspecified atom stereocenters. The third-order valence-corrected chi connectivity index (χ3v) is 3.58. The van der Waals surface area contributed by atoms with Crippen molar-refractivity contribution in [2.75, 3.05) is 11.4 Å². The summed E-state index contributed by atoms with van der Waals surface area (Å²) < 4.78 is 3.88. The topological polar surface area (TPSA) is 77.8 Å². The van der Waals surface area contributed by atoms with E-state index in [9.17, 15) is 0 Å². The Morgan fingerprint density at radius 2 is 2.21 bits per heavy atom. The molecule has 0 aromatic carbocycles. The molecule has 0 aliphatic carbocycles. The molecular weight excluding hydrogens is 262 g/mol. The summed E-state index contributed by atoms with van der Waals surface area (Å²) in [7, 11) is 1.91. The Morgan fingerprint density at radius 1 is 1.42 bits per heavy atom. The van der Waals surface area contributed by atoms with E-state index < -0.39 is 0 Å². The summed E-state index contributed by atoms with van der Waals surface area (Å²) in [5.41, 5.74) is 7.54. The molecule has 3 heterocycles. The number of nitrogens with two attached hydrogens (primary N) is 1. The summed E-state index contributed by atoms with van der Waals surface area (Å²) >= 11 is 5.15. The number of rotatable bonds is 2. The zero-order valence-electron chi connectivity index (χ0n) is 10.9. The van der Waals surface area contributed by atoms with Crippen molar-refractivity contribution in [1.82, 2.24) is 24.5 Å². The van der Waals surface area contributed by atoms with Crippen LogP contribution in [0.1, 0.15) is 17.1 Å². The molecule has 2 N–H and O–H groups in total. The van der Waals surface area contributed by atoms with Gasteiger partial charge in [-0.1, -0.05) is 12.2 Å². The molecule has 0 saturated heterocycles. The molecule has 2 aromatic heterocycles. The third-order valence-electron chi connectivity index (χ3n) is 3.38. The molecule has 7 nitrogen and oxygen atoms in total. The van der Waals surface area contributed by atoms with Crippen molar-refractivity contribution in [2.24, 2.45) is 12.8 Å². The van der Waals surface area contributed by atoms with Gasteiger partial charge in [-0.25, -0.2) is 0 Å². The maximum absolute atomic E-state index is 5.83. The fraction of sp³-hybridized carbons (Fsp3) is 0.455. The highest BCUT2D eigenvalue weighted by atomic mass is 32.1. The van der Waals surface area contributed by atoms with Crippen LogP contribution in [0.4, 0.5) is 5.82 Å². The minimum absolute atomic E-state index is 0.382. The quantitative estimate of drug-likeness (QED) is 0.777. The predicted octanol–water partition coefficient (Wildman–Crippen LogP) is -0.0256. The van der Waals surface area contributed by atoms with Crippen LogP contribution in [0, 0.1) is 6.92 Å². The minimum atomic E-state index is 0.382. The summed E-state index contributed by atoms with van der Waals surface area (Å²) in [4.78, 5) is 2.58. The second-order valence-electron chi connectivity index (χ2n) is 4.63. The number of anilines is 1. The molecule has 100 valence electrons. The van der Waals surface area contributed by atoms with Gasteiger partial charge in [0.2, 0.25) is 0 Å². The zero-order valence-corrected chi connectivity index (χ0v) is 11.7. The first-order valence-corrected chi connectivity index (χ1v) is 6.43. The number of hydrogen-bond donors (Lipinski definition) is 1. The number of nitrogens with zero attached hydrogens (tertiary/aromatic N) is 6. The van der Waals surface area contributed by atoms with Gasteiger partial charge in [0.05, 0.1) is 17.8 Å². The van der Waals surface area contributed by atoms with Crippen LogP contribution in [-0.2, 0) is 20.1 Å². The Morgan fingerprint density at radius 3 is 2.95 bits per heavy atom. The first kappa shape index (κ1) is 12.1. The molecule has 3 rings (SSSR count). The molecule has 2 aromatic rings. The molecule has 0 fully saturated rings. The molecule has 0 bridgehead atoms. The smallest absolute Gasteiger partial charge is 0.152 e. The van der Waals surface area contributed by atoms with Gasteiger partial charge in [-0.2, -0.15) is 5.10 Å². The highest BCUT2D eigenvalue weighted by Crippen LogP contribution is 2.26. The Kier molecular flexibility index (Phi) is 2.74. The molecule has 0 atom stereocenters. The normalized spacial score (nSPS) is 14.5. The summed E-state index contributed by atoms with van der Waals surface area (Å²) in [6, 6.07) is 0. The first-order chi connectivity index (χ1) is 9.08. The lowest BCUT2D eigenvalue weighted by Gasteiger charge is -2.29. The second kappa shape index (κ2) is 4.30. The van der Waals surface area contributed by atoms with Gasteiger partial charge in [0.25, 0.3) is 0 Å². The fourth-order valence-electron chi connectivity index (χ4n) is 2.54. The van der Waals surface area contributed by atoms with E-state index >= 15 is 0 Å². The lowest BCUT2D eigenvalue weighted by Crippen LogP contribution is -2.36. The summed E-state index contributed by atoms with van der Waals surface area (Å²) in [6.45, 7) is 4.32. The lowest BCUT2D eigenvalue weighted by molar-refractivity contribution is 0.545. The summed E-state index contributed by atoms with van der Waals surface area (Å²) in [6.07, 6.45) is 1.76. The van der Waals surface area contributed by atoms with Gasteiger partial charge in [0.1, 0.15) is 17.1 Å². The van der Waals surface area contributed by atoms with Crippen LogP contribution in [0.3, 0.4) is 0 Å². The van der Waals surface area contributed by atoms with E-state index in [2.05, 4.69) is 24.8 Å². The highest BCUT2D eigenvalue weighted by Gasteiger charge is 2.25. The van der Waals surface area contributed by atoms with E-state index in [1.165, 1.54) is 0 Å². The number of thiocarbonyl (C=S) groups is 1. The molecule has 0 radical (unpaired) electrons. The fourth-order valence-corrected chi connectivity index (χ4v) is 2.78.